The molecule has 0 aromatic heterocycles. The molecule has 1 aliphatic carbocycles. The molecule has 1 amide bonds. The average molecular weight is 291 g/mol. The van der Waals surface area contributed by atoms with E-state index in [1.54, 1.807) is 12.2 Å². The van der Waals surface area contributed by atoms with Gasteiger partial charge in [0, 0.05) is 18.2 Å². The zero-order chi connectivity index (χ0) is 16.3. The Morgan fingerprint density at radius 3 is 2.57 bits per heavy atom. The summed E-state index contributed by atoms with van der Waals surface area (Å²) >= 11 is 0. The van der Waals surface area contributed by atoms with Gasteiger partial charge in [-0.1, -0.05) is 20.4 Å². The molecule has 1 aliphatic rings. The van der Waals surface area contributed by atoms with Crippen molar-refractivity contribution in [1.82, 2.24) is 4.90 Å². The minimum absolute atomic E-state index is 0.0393. The smallest absolute Gasteiger partial charge is 0.414 e. The van der Waals surface area contributed by atoms with Crippen LogP contribution >= 0.6 is 0 Å². The van der Waals surface area contributed by atoms with E-state index in [0.717, 1.165) is 0 Å². The highest BCUT2D eigenvalue weighted by Gasteiger charge is 2.33. The summed E-state index contributed by atoms with van der Waals surface area (Å²) in [4.78, 5) is 25.7. The van der Waals surface area contributed by atoms with Crippen LogP contribution < -0.4 is 0 Å². The van der Waals surface area contributed by atoms with Crippen molar-refractivity contribution in [3.63, 3.8) is 0 Å². The highest BCUT2D eigenvalue weighted by atomic mass is 16.6. The van der Waals surface area contributed by atoms with E-state index in [0.29, 0.717) is 25.1 Å². The number of amides is 1. The normalized spacial score (nSPS) is 17.6. The van der Waals surface area contributed by atoms with E-state index in [-0.39, 0.29) is 11.2 Å². The molecule has 0 spiro atoms. The van der Waals surface area contributed by atoms with Crippen molar-refractivity contribution in [2.75, 3.05) is 6.54 Å². The first-order chi connectivity index (χ1) is 9.54. The van der Waals surface area contributed by atoms with Crippen LogP contribution in [0.5, 0.6) is 0 Å². The molecule has 116 valence electrons. The molecule has 4 nitrogen and oxygen atoms in total. The molecule has 4 heteroatoms. The number of hydrogen-bond donors (Lipinski definition) is 0. The lowest BCUT2D eigenvalue weighted by atomic mass is 9.78. The lowest BCUT2D eigenvalue weighted by Crippen LogP contribution is -2.39. The zero-order valence-corrected chi connectivity index (χ0v) is 13.7. The van der Waals surface area contributed by atoms with E-state index in [1.165, 1.54) is 4.90 Å². The van der Waals surface area contributed by atoms with Crippen LogP contribution in [0.15, 0.2) is 30.2 Å². The van der Waals surface area contributed by atoms with E-state index in [2.05, 4.69) is 12.3 Å². The maximum absolute atomic E-state index is 12.4. The zero-order valence-electron chi connectivity index (χ0n) is 13.7. The van der Waals surface area contributed by atoms with Gasteiger partial charge in [-0.25, -0.2) is 4.79 Å². The summed E-state index contributed by atoms with van der Waals surface area (Å²) in [5, 5.41) is 0. The Kier molecular flexibility index (Phi) is 5.19. The van der Waals surface area contributed by atoms with Crippen molar-refractivity contribution < 1.29 is 14.3 Å². The molecule has 0 atom stereocenters. The summed E-state index contributed by atoms with van der Waals surface area (Å²) in [6.45, 7) is 13.3. The molecule has 0 radical (unpaired) electrons. The molecule has 0 aromatic rings. The molecule has 0 saturated carbocycles. The first kappa shape index (κ1) is 17.3. The number of carbonyl (C=O) groups is 2. The van der Waals surface area contributed by atoms with Gasteiger partial charge in [-0.05, 0) is 38.7 Å². The SMILES string of the molecule is C=C=CCN(C(=O)OC(C)(C)C)C1=CC(=O)CC(C)(C)C1. The van der Waals surface area contributed by atoms with Gasteiger partial charge in [0.05, 0.1) is 6.54 Å². The standard InChI is InChI=1S/C17H25NO3/c1-7-8-9-18(15(20)21-16(2,3)4)13-10-14(19)12-17(5,6)11-13/h8,10H,1,9,11-12H2,2-6H3. The van der Waals surface area contributed by atoms with Gasteiger partial charge in [0.1, 0.15) is 5.60 Å². The Bertz CT molecular complexity index is 503. The van der Waals surface area contributed by atoms with Crippen molar-refractivity contribution in [2.24, 2.45) is 5.41 Å². The molecule has 0 aliphatic heterocycles. The second-order valence-corrected chi connectivity index (χ2v) is 7.12. The summed E-state index contributed by atoms with van der Waals surface area (Å²) < 4.78 is 5.42. The fraction of sp³-hybridized carbons (Fsp3) is 0.588. The summed E-state index contributed by atoms with van der Waals surface area (Å²) in [6, 6.07) is 0. The average Bonchev–Trinajstić information content (AvgIpc) is 2.24. The Labute approximate surface area is 127 Å². The van der Waals surface area contributed by atoms with Crippen molar-refractivity contribution in [2.45, 2.75) is 53.1 Å². The van der Waals surface area contributed by atoms with Crippen LogP contribution in [0.3, 0.4) is 0 Å². The predicted octanol–water partition coefficient (Wildman–Crippen LogP) is 3.84. The Morgan fingerprint density at radius 2 is 2.10 bits per heavy atom. The Balaban J connectivity index is 3.05. The molecule has 0 saturated heterocycles. The van der Waals surface area contributed by atoms with Crippen LogP contribution in [0, 0.1) is 5.41 Å². The number of hydrogen-bond acceptors (Lipinski definition) is 3. The quantitative estimate of drug-likeness (QED) is 0.742. The second kappa shape index (κ2) is 6.31. The molecular formula is C17H25NO3. The van der Waals surface area contributed by atoms with E-state index in [9.17, 15) is 9.59 Å². The van der Waals surface area contributed by atoms with Crippen LogP contribution in [0.4, 0.5) is 4.79 Å². The number of ketones is 1. The fourth-order valence-corrected chi connectivity index (χ4v) is 2.27. The second-order valence-electron chi connectivity index (χ2n) is 7.12. The van der Waals surface area contributed by atoms with Crippen molar-refractivity contribution >= 4 is 11.9 Å². The van der Waals surface area contributed by atoms with Crippen molar-refractivity contribution in [3.05, 3.63) is 30.2 Å². The molecule has 0 fully saturated rings. The largest absolute Gasteiger partial charge is 0.443 e. The van der Waals surface area contributed by atoms with E-state index >= 15 is 0 Å². The monoisotopic (exact) mass is 291 g/mol. The summed E-state index contributed by atoms with van der Waals surface area (Å²) in [5.74, 6) is 0.0393. The molecule has 0 N–H and O–H groups in total. The van der Waals surface area contributed by atoms with Gasteiger partial charge in [-0.15, -0.1) is 5.73 Å². The van der Waals surface area contributed by atoms with Gasteiger partial charge in [0.2, 0.25) is 0 Å². The van der Waals surface area contributed by atoms with Gasteiger partial charge in [-0.2, -0.15) is 0 Å². The maximum Gasteiger partial charge on any atom is 0.414 e. The molecule has 0 unspecified atom stereocenters. The third kappa shape index (κ3) is 5.60. The van der Waals surface area contributed by atoms with Crippen LogP contribution in [0.1, 0.15) is 47.5 Å². The summed E-state index contributed by atoms with van der Waals surface area (Å²) in [5.41, 5.74) is 2.61. The molecular weight excluding hydrogens is 266 g/mol. The number of ether oxygens (including phenoxy) is 1. The van der Waals surface area contributed by atoms with Crippen LogP contribution in [-0.2, 0) is 9.53 Å². The molecule has 0 aromatic carbocycles. The van der Waals surface area contributed by atoms with E-state index < -0.39 is 11.7 Å². The molecule has 1 rings (SSSR count). The van der Waals surface area contributed by atoms with Crippen molar-refractivity contribution in [3.8, 4) is 0 Å². The van der Waals surface area contributed by atoms with Gasteiger partial charge < -0.3 is 4.74 Å². The third-order valence-electron chi connectivity index (χ3n) is 3.02. The topological polar surface area (TPSA) is 46.6 Å². The molecule has 0 bridgehead atoms. The molecule has 21 heavy (non-hydrogen) atoms. The minimum Gasteiger partial charge on any atom is -0.443 e. The number of allylic oxidation sites excluding steroid dienone is 2. The first-order valence-corrected chi connectivity index (χ1v) is 7.12. The summed E-state index contributed by atoms with van der Waals surface area (Å²) in [6.07, 6.45) is 3.90. The lowest BCUT2D eigenvalue weighted by Gasteiger charge is -2.34. The highest BCUT2D eigenvalue weighted by Crippen LogP contribution is 2.35. The van der Waals surface area contributed by atoms with Gasteiger partial charge in [0.15, 0.2) is 5.78 Å². The van der Waals surface area contributed by atoms with E-state index in [4.69, 9.17) is 4.74 Å². The first-order valence-electron chi connectivity index (χ1n) is 7.12. The number of rotatable bonds is 3. The van der Waals surface area contributed by atoms with Gasteiger partial charge in [-0.3, -0.25) is 9.69 Å². The van der Waals surface area contributed by atoms with Crippen molar-refractivity contribution in [1.29, 1.82) is 0 Å². The lowest BCUT2D eigenvalue weighted by molar-refractivity contribution is -0.117. The minimum atomic E-state index is -0.581. The van der Waals surface area contributed by atoms with Crippen LogP contribution in [0.25, 0.3) is 0 Å². The fourth-order valence-electron chi connectivity index (χ4n) is 2.27. The van der Waals surface area contributed by atoms with Gasteiger partial charge in [0.25, 0.3) is 0 Å². The Hall–Kier alpha value is -1.80. The highest BCUT2D eigenvalue weighted by molar-refractivity contribution is 5.92. The molecule has 0 heterocycles. The summed E-state index contributed by atoms with van der Waals surface area (Å²) in [7, 11) is 0. The van der Waals surface area contributed by atoms with Crippen LogP contribution in [-0.4, -0.2) is 28.9 Å². The maximum atomic E-state index is 12.4. The van der Waals surface area contributed by atoms with E-state index in [1.807, 2.05) is 34.6 Å². The number of carbonyl (C=O) groups excluding carboxylic acids is 2. The third-order valence-corrected chi connectivity index (χ3v) is 3.02. The van der Waals surface area contributed by atoms with Crippen LogP contribution in [0.2, 0.25) is 0 Å². The van der Waals surface area contributed by atoms with Gasteiger partial charge >= 0.3 is 6.09 Å². The predicted molar refractivity (Wildman–Crippen MR) is 82.8 cm³/mol. The Morgan fingerprint density at radius 1 is 1.48 bits per heavy atom. The number of nitrogens with zero attached hydrogens (tertiary/aromatic N) is 1.